The summed E-state index contributed by atoms with van der Waals surface area (Å²) in [5, 5.41) is 0. The molecule has 6 nitrogen and oxygen atoms in total. The highest BCUT2D eigenvalue weighted by Gasteiger charge is 2.20. The predicted octanol–water partition coefficient (Wildman–Crippen LogP) is 5.59. The van der Waals surface area contributed by atoms with Crippen LogP contribution in [0.5, 0.6) is 5.75 Å². The Bertz CT molecular complexity index is 1380. The first kappa shape index (κ1) is 24.2. The molecule has 3 aromatic carbocycles. The van der Waals surface area contributed by atoms with Gasteiger partial charge in [0.25, 0.3) is 5.91 Å². The van der Waals surface area contributed by atoms with E-state index < -0.39 is 15.9 Å². The van der Waals surface area contributed by atoms with Gasteiger partial charge in [-0.1, -0.05) is 31.2 Å². The topological polar surface area (TPSA) is 76.8 Å². The van der Waals surface area contributed by atoms with Crippen LogP contribution in [0.1, 0.15) is 34.2 Å². The number of furan rings is 1. The molecule has 0 unspecified atom stereocenters. The number of rotatable bonds is 9. The molecule has 0 aliphatic heterocycles. The van der Waals surface area contributed by atoms with E-state index in [2.05, 4.69) is 0 Å². The van der Waals surface area contributed by atoms with Gasteiger partial charge < -0.3 is 13.5 Å². The maximum absolute atomic E-state index is 13.3. The van der Waals surface area contributed by atoms with Gasteiger partial charge in [-0.25, -0.2) is 4.39 Å². The van der Waals surface area contributed by atoms with Gasteiger partial charge in [-0.3, -0.25) is 4.79 Å². The van der Waals surface area contributed by atoms with Gasteiger partial charge in [0.1, 0.15) is 22.2 Å². The molecule has 0 saturated heterocycles. The molecule has 0 spiro atoms. The molecule has 0 aliphatic rings. The molecule has 0 bridgehead atoms. The second-order valence-electron chi connectivity index (χ2n) is 7.93. The van der Waals surface area contributed by atoms with Crippen LogP contribution in [0.15, 0.2) is 101 Å². The summed E-state index contributed by atoms with van der Waals surface area (Å²) in [4.78, 5) is 14.8. The van der Waals surface area contributed by atoms with Crippen molar-refractivity contribution < 1.29 is 26.2 Å². The van der Waals surface area contributed by atoms with E-state index in [1.54, 1.807) is 53.6 Å². The fourth-order valence-corrected chi connectivity index (χ4v) is 4.47. The summed E-state index contributed by atoms with van der Waals surface area (Å²) < 4.78 is 49.0. The number of hydrogen-bond acceptors (Lipinski definition) is 5. The average molecular weight is 494 g/mol. The van der Waals surface area contributed by atoms with Crippen LogP contribution in [0.25, 0.3) is 0 Å². The SMILES string of the molecule is CCc1ccc(C(=O)N(Cc2cccc(OS(=O)(=O)c3ccc(F)cc3)c2)Cc2ccco2)cc1. The Kier molecular flexibility index (Phi) is 7.31. The molecule has 0 aliphatic carbocycles. The minimum atomic E-state index is -4.14. The minimum absolute atomic E-state index is 0.0875. The molecule has 35 heavy (non-hydrogen) atoms. The third-order valence-electron chi connectivity index (χ3n) is 5.40. The molecular weight excluding hydrogens is 469 g/mol. The molecular formula is C27H24FNO5S. The van der Waals surface area contributed by atoms with Gasteiger partial charge in [-0.2, -0.15) is 8.42 Å². The smallest absolute Gasteiger partial charge is 0.339 e. The fourth-order valence-electron chi connectivity index (χ4n) is 3.55. The second-order valence-corrected chi connectivity index (χ2v) is 9.48. The maximum Gasteiger partial charge on any atom is 0.339 e. The summed E-state index contributed by atoms with van der Waals surface area (Å²) >= 11 is 0. The van der Waals surface area contributed by atoms with E-state index in [9.17, 15) is 17.6 Å². The van der Waals surface area contributed by atoms with Gasteiger partial charge in [0.2, 0.25) is 0 Å². The highest BCUT2D eigenvalue weighted by molar-refractivity contribution is 7.87. The molecule has 1 aromatic heterocycles. The van der Waals surface area contributed by atoms with Crippen molar-refractivity contribution in [2.24, 2.45) is 0 Å². The minimum Gasteiger partial charge on any atom is -0.467 e. The summed E-state index contributed by atoms with van der Waals surface area (Å²) in [7, 11) is -4.14. The van der Waals surface area contributed by atoms with Gasteiger partial charge in [0, 0.05) is 12.1 Å². The predicted molar refractivity (Wildman–Crippen MR) is 129 cm³/mol. The maximum atomic E-state index is 13.3. The van der Waals surface area contributed by atoms with Crippen molar-refractivity contribution in [3.05, 3.63) is 119 Å². The zero-order chi connectivity index (χ0) is 24.8. The van der Waals surface area contributed by atoms with Crippen LogP contribution in [0.4, 0.5) is 4.39 Å². The zero-order valence-electron chi connectivity index (χ0n) is 19.1. The summed E-state index contributed by atoms with van der Waals surface area (Å²) in [6.07, 6.45) is 2.42. The van der Waals surface area contributed by atoms with Crippen LogP contribution in [0.3, 0.4) is 0 Å². The summed E-state index contributed by atoms with van der Waals surface area (Å²) in [6, 6.07) is 21.9. The summed E-state index contributed by atoms with van der Waals surface area (Å²) in [5.41, 5.74) is 2.34. The summed E-state index contributed by atoms with van der Waals surface area (Å²) in [6.45, 7) is 2.48. The zero-order valence-corrected chi connectivity index (χ0v) is 19.9. The third-order valence-corrected chi connectivity index (χ3v) is 6.66. The number of amides is 1. The molecule has 8 heteroatoms. The van der Waals surface area contributed by atoms with Crippen LogP contribution in [0.2, 0.25) is 0 Å². The van der Waals surface area contributed by atoms with Crippen LogP contribution in [-0.4, -0.2) is 19.2 Å². The lowest BCUT2D eigenvalue weighted by atomic mass is 10.1. The number of carbonyl (C=O) groups is 1. The fraction of sp³-hybridized carbons (Fsp3) is 0.148. The Balaban J connectivity index is 1.56. The Morgan fingerprint density at radius 2 is 1.66 bits per heavy atom. The number of carbonyl (C=O) groups excluding carboxylic acids is 1. The van der Waals surface area contributed by atoms with Crippen LogP contribution >= 0.6 is 0 Å². The highest BCUT2D eigenvalue weighted by Crippen LogP contribution is 2.22. The van der Waals surface area contributed by atoms with E-state index in [1.807, 2.05) is 19.1 Å². The van der Waals surface area contributed by atoms with Crippen molar-refractivity contribution in [2.45, 2.75) is 31.3 Å². The van der Waals surface area contributed by atoms with E-state index in [1.165, 1.54) is 6.07 Å². The molecule has 180 valence electrons. The number of hydrogen-bond donors (Lipinski definition) is 0. The van der Waals surface area contributed by atoms with Crippen molar-refractivity contribution in [1.82, 2.24) is 4.90 Å². The molecule has 0 fully saturated rings. The first-order valence-electron chi connectivity index (χ1n) is 11.0. The first-order valence-corrected chi connectivity index (χ1v) is 12.4. The molecule has 0 atom stereocenters. The molecule has 0 saturated carbocycles. The molecule has 4 rings (SSSR count). The summed E-state index contributed by atoms with van der Waals surface area (Å²) in [5.74, 6) is -0.0229. The lowest BCUT2D eigenvalue weighted by Gasteiger charge is -2.22. The van der Waals surface area contributed by atoms with Crippen molar-refractivity contribution in [3.63, 3.8) is 0 Å². The van der Waals surface area contributed by atoms with Gasteiger partial charge in [-0.15, -0.1) is 0 Å². The van der Waals surface area contributed by atoms with Gasteiger partial charge in [0.15, 0.2) is 0 Å². The van der Waals surface area contributed by atoms with Gasteiger partial charge in [-0.05, 0) is 78.2 Å². The Morgan fingerprint density at radius 3 is 2.31 bits per heavy atom. The van der Waals surface area contributed by atoms with Crippen molar-refractivity contribution in [3.8, 4) is 5.75 Å². The Hall–Kier alpha value is -3.91. The molecule has 1 amide bonds. The molecule has 4 aromatic rings. The lowest BCUT2D eigenvalue weighted by Crippen LogP contribution is -2.30. The van der Waals surface area contributed by atoms with E-state index in [4.69, 9.17) is 8.60 Å². The largest absolute Gasteiger partial charge is 0.467 e. The Morgan fingerprint density at radius 1 is 0.914 bits per heavy atom. The van der Waals surface area contributed by atoms with E-state index >= 15 is 0 Å². The molecule has 1 heterocycles. The first-order chi connectivity index (χ1) is 16.8. The molecule has 0 radical (unpaired) electrons. The van der Waals surface area contributed by atoms with Gasteiger partial charge >= 0.3 is 10.1 Å². The van der Waals surface area contributed by atoms with Crippen molar-refractivity contribution in [1.29, 1.82) is 0 Å². The van der Waals surface area contributed by atoms with Crippen LogP contribution < -0.4 is 4.18 Å². The quantitative estimate of drug-likeness (QED) is 0.284. The third kappa shape index (κ3) is 6.16. The average Bonchev–Trinajstić information content (AvgIpc) is 3.37. The number of nitrogens with zero attached hydrogens (tertiary/aromatic N) is 1. The van der Waals surface area contributed by atoms with Crippen molar-refractivity contribution in [2.75, 3.05) is 0 Å². The highest BCUT2D eigenvalue weighted by atomic mass is 32.2. The van der Waals surface area contributed by atoms with E-state index in [-0.39, 0.29) is 29.6 Å². The lowest BCUT2D eigenvalue weighted by molar-refractivity contribution is 0.0717. The number of aryl methyl sites for hydroxylation is 1. The number of benzene rings is 3. The monoisotopic (exact) mass is 493 g/mol. The van der Waals surface area contributed by atoms with Crippen LogP contribution in [0, 0.1) is 5.82 Å². The Labute approximate surface area is 203 Å². The van der Waals surface area contributed by atoms with E-state index in [0.29, 0.717) is 16.9 Å². The number of halogens is 1. The molecule has 0 N–H and O–H groups in total. The standard InChI is InChI=1S/C27H24FNO5S/c1-2-20-8-10-22(11-9-20)27(30)29(19-25-7-4-16-33-25)18-21-5-3-6-24(17-21)34-35(31,32)26-14-12-23(28)13-15-26/h3-17H,2,18-19H2,1H3. The van der Waals surface area contributed by atoms with Gasteiger partial charge in [0.05, 0.1) is 12.8 Å². The normalized spacial score (nSPS) is 11.3. The van der Waals surface area contributed by atoms with E-state index in [0.717, 1.165) is 36.2 Å². The second kappa shape index (κ2) is 10.6. The van der Waals surface area contributed by atoms with Crippen molar-refractivity contribution >= 4 is 16.0 Å². The van der Waals surface area contributed by atoms with Crippen LogP contribution in [-0.2, 0) is 29.6 Å².